The second-order valence-corrected chi connectivity index (χ2v) is 4.74. The number of hydrogen-bond donors (Lipinski definition) is 1. The first-order valence-electron chi connectivity index (χ1n) is 7.38. The minimum Gasteiger partial charge on any atom is -0.464 e. The van der Waals surface area contributed by atoms with Gasteiger partial charge in [-0.15, -0.1) is 0 Å². The predicted molar refractivity (Wildman–Crippen MR) is 73.1 cm³/mol. The van der Waals surface area contributed by atoms with Crippen LogP contribution in [0.15, 0.2) is 0 Å². The molecule has 0 bridgehead atoms. The molecule has 0 heterocycles. The molecule has 0 aromatic heterocycles. The first kappa shape index (κ1) is 16.4. The number of nitrogens with one attached hydrogen (secondary N) is 1. The van der Waals surface area contributed by atoms with Gasteiger partial charge in [-0.1, -0.05) is 19.3 Å². The van der Waals surface area contributed by atoms with E-state index in [0.717, 1.165) is 19.7 Å². The molecule has 0 saturated heterocycles. The fraction of sp³-hybridized carbons (Fsp3) is 0.929. The van der Waals surface area contributed by atoms with E-state index in [1.807, 2.05) is 0 Å². The summed E-state index contributed by atoms with van der Waals surface area (Å²) in [6.45, 7) is 5.05. The van der Waals surface area contributed by atoms with Gasteiger partial charge in [0.05, 0.1) is 25.9 Å². The molecule has 0 aliphatic heterocycles. The first-order chi connectivity index (χ1) is 9.33. The lowest BCUT2D eigenvalue weighted by molar-refractivity contribution is -0.148. The van der Waals surface area contributed by atoms with Gasteiger partial charge in [0.15, 0.2) is 0 Å². The third-order valence-corrected chi connectivity index (χ3v) is 3.13. The van der Waals surface area contributed by atoms with E-state index in [0.29, 0.717) is 19.3 Å². The van der Waals surface area contributed by atoms with Crippen LogP contribution in [0, 0.1) is 0 Å². The van der Waals surface area contributed by atoms with Crippen molar-refractivity contribution >= 4 is 5.97 Å². The Balaban J connectivity index is 1.79. The van der Waals surface area contributed by atoms with Gasteiger partial charge in [0.2, 0.25) is 0 Å². The van der Waals surface area contributed by atoms with Crippen molar-refractivity contribution in [1.82, 2.24) is 5.32 Å². The molecule has 19 heavy (non-hydrogen) atoms. The minimum absolute atomic E-state index is 0.0358. The van der Waals surface area contributed by atoms with E-state index < -0.39 is 0 Å². The molecule has 1 aliphatic carbocycles. The molecule has 0 amide bonds. The third-order valence-electron chi connectivity index (χ3n) is 3.13. The van der Waals surface area contributed by atoms with Crippen molar-refractivity contribution in [2.75, 3.05) is 39.5 Å². The maximum Gasteiger partial charge on any atom is 0.332 e. The smallest absolute Gasteiger partial charge is 0.332 e. The molecule has 0 unspecified atom stereocenters. The Kier molecular flexibility index (Phi) is 9.67. The van der Waals surface area contributed by atoms with Crippen LogP contribution in [0.3, 0.4) is 0 Å². The highest BCUT2D eigenvalue weighted by atomic mass is 16.6. The molecule has 1 aliphatic rings. The summed E-state index contributed by atoms with van der Waals surface area (Å²) < 4.78 is 15.7. The van der Waals surface area contributed by atoms with Crippen molar-refractivity contribution in [1.29, 1.82) is 0 Å². The summed E-state index contributed by atoms with van der Waals surface area (Å²) in [7, 11) is 0. The summed E-state index contributed by atoms with van der Waals surface area (Å²) in [6.07, 6.45) is 6.86. The van der Waals surface area contributed by atoms with Crippen molar-refractivity contribution < 1.29 is 19.0 Å². The van der Waals surface area contributed by atoms with E-state index in [1.165, 1.54) is 32.1 Å². The van der Waals surface area contributed by atoms with Crippen LogP contribution in [-0.4, -0.2) is 51.6 Å². The second kappa shape index (κ2) is 11.2. The summed E-state index contributed by atoms with van der Waals surface area (Å²) in [5, 5.41) is 3.23. The van der Waals surface area contributed by atoms with E-state index >= 15 is 0 Å². The van der Waals surface area contributed by atoms with Gasteiger partial charge in [0.25, 0.3) is 0 Å². The highest BCUT2D eigenvalue weighted by Gasteiger charge is 2.12. The van der Waals surface area contributed by atoms with E-state index in [4.69, 9.17) is 14.2 Å². The van der Waals surface area contributed by atoms with E-state index in [2.05, 4.69) is 5.32 Å². The van der Waals surface area contributed by atoms with E-state index in [-0.39, 0.29) is 12.6 Å². The normalized spacial score (nSPS) is 16.5. The largest absolute Gasteiger partial charge is 0.464 e. The lowest BCUT2D eigenvalue weighted by Gasteiger charge is -2.22. The average Bonchev–Trinajstić information content (AvgIpc) is 2.43. The summed E-state index contributed by atoms with van der Waals surface area (Å²) in [5.74, 6) is -0.303. The van der Waals surface area contributed by atoms with Crippen LogP contribution >= 0.6 is 0 Å². The van der Waals surface area contributed by atoms with Gasteiger partial charge < -0.3 is 19.5 Å². The summed E-state index contributed by atoms with van der Waals surface area (Å²) in [6, 6.07) is 0. The number of esters is 1. The Labute approximate surface area is 116 Å². The fourth-order valence-corrected chi connectivity index (χ4v) is 2.16. The quantitative estimate of drug-likeness (QED) is 0.483. The van der Waals surface area contributed by atoms with Crippen LogP contribution in [0.1, 0.15) is 39.0 Å². The molecule has 0 aromatic carbocycles. The maximum absolute atomic E-state index is 11.0. The average molecular weight is 273 g/mol. The summed E-state index contributed by atoms with van der Waals surface area (Å²) >= 11 is 0. The summed E-state index contributed by atoms with van der Waals surface area (Å²) in [4.78, 5) is 11.0. The minimum atomic E-state index is -0.303. The Hall–Kier alpha value is -0.650. The monoisotopic (exact) mass is 273 g/mol. The van der Waals surface area contributed by atoms with Crippen LogP contribution in [0.5, 0.6) is 0 Å². The zero-order valence-electron chi connectivity index (χ0n) is 12.0. The predicted octanol–water partition coefficient (Wildman–Crippen LogP) is 1.50. The van der Waals surface area contributed by atoms with Gasteiger partial charge in [-0.25, -0.2) is 4.79 Å². The molecule has 5 heteroatoms. The standard InChI is InChI=1S/C14H27NO4/c1-2-18-14(16)12-17-10-8-15-9-11-19-13-6-4-3-5-7-13/h13,15H,2-12H2,1H3. The van der Waals surface area contributed by atoms with Crippen LogP contribution in [0.2, 0.25) is 0 Å². The van der Waals surface area contributed by atoms with Crippen LogP contribution in [0.4, 0.5) is 0 Å². The number of rotatable bonds is 10. The van der Waals surface area contributed by atoms with Gasteiger partial charge in [0, 0.05) is 13.1 Å². The molecule has 0 radical (unpaired) electrons. The van der Waals surface area contributed by atoms with Gasteiger partial charge in [0.1, 0.15) is 6.61 Å². The molecule has 0 atom stereocenters. The molecular formula is C14H27NO4. The fourth-order valence-electron chi connectivity index (χ4n) is 2.16. The van der Waals surface area contributed by atoms with Crippen LogP contribution < -0.4 is 5.32 Å². The Morgan fingerprint density at radius 1 is 1.16 bits per heavy atom. The molecule has 1 rings (SSSR count). The highest BCUT2D eigenvalue weighted by molar-refractivity contribution is 5.70. The van der Waals surface area contributed by atoms with Crippen molar-refractivity contribution in [2.45, 2.75) is 45.1 Å². The molecule has 1 N–H and O–H groups in total. The Morgan fingerprint density at radius 3 is 2.63 bits per heavy atom. The molecule has 0 spiro atoms. The van der Waals surface area contributed by atoms with Crippen LogP contribution in [-0.2, 0) is 19.0 Å². The van der Waals surface area contributed by atoms with Crippen molar-refractivity contribution in [2.24, 2.45) is 0 Å². The molecule has 0 aromatic rings. The SMILES string of the molecule is CCOC(=O)COCCNCCOC1CCCCC1. The molecule has 112 valence electrons. The van der Waals surface area contributed by atoms with E-state index in [1.54, 1.807) is 6.92 Å². The lowest BCUT2D eigenvalue weighted by atomic mass is 9.98. The highest BCUT2D eigenvalue weighted by Crippen LogP contribution is 2.19. The third kappa shape index (κ3) is 8.97. The Morgan fingerprint density at radius 2 is 1.89 bits per heavy atom. The molecule has 1 saturated carbocycles. The number of hydrogen-bond acceptors (Lipinski definition) is 5. The molecule has 5 nitrogen and oxygen atoms in total. The Bertz CT molecular complexity index is 229. The van der Waals surface area contributed by atoms with Crippen molar-refractivity contribution in [3.63, 3.8) is 0 Å². The molecule has 1 fully saturated rings. The van der Waals surface area contributed by atoms with Gasteiger partial charge in [-0.2, -0.15) is 0 Å². The van der Waals surface area contributed by atoms with E-state index in [9.17, 15) is 4.79 Å². The zero-order valence-corrected chi connectivity index (χ0v) is 12.0. The number of carbonyl (C=O) groups is 1. The molecular weight excluding hydrogens is 246 g/mol. The second-order valence-electron chi connectivity index (χ2n) is 4.74. The van der Waals surface area contributed by atoms with Crippen molar-refractivity contribution in [3.05, 3.63) is 0 Å². The number of ether oxygens (including phenoxy) is 3. The van der Waals surface area contributed by atoms with Gasteiger partial charge >= 0.3 is 5.97 Å². The van der Waals surface area contributed by atoms with Crippen molar-refractivity contribution in [3.8, 4) is 0 Å². The zero-order chi connectivity index (χ0) is 13.8. The lowest BCUT2D eigenvalue weighted by Crippen LogP contribution is -2.27. The maximum atomic E-state index is 11.0. The topological polar surface area (TPSA) is 56.8 Å². The van der Waals surface area contributed by atoms with Gasteiger partial charge in [-0.05, 0) is 19.8 Å². The van der Waals surface area contributed by atoms with Gasteiger partial charge in [-0.3, -0.25) is 0 Å². The first-order valence-corrected chi connectivity index (χ1v) is 7.38. The van der Waals surface area contributed by atoms with Crippen LogP contribution in [0.25, 0.3) is 0 Å². The number of carbonyl (C=O) groups excluding carboxylic acids is 1. The summed E-state index contributed by atoms with van der Waals surface area (Å²) in [5.41, 5.74) is 0.